The van der Waals surface area contributed by atoms with Gasteiger partial charge < -0.3 is 0 Å². The fraction of sp³-hybridized carbons (Fsp3) is 0.889. The second-order valence-electron chi connectivity index (χ2n) is 12.3. The average Bonchev–Trinajstić information content (AvgIpc) is 3.05. The highest BCUT2D eigenvalue weighted by atomic mass is 16.3. The van der Waals surface area contributed by atoms with E-state index >= 15 is 0 Å². The van der Waals surface area contributed by atoms with Crippen molar-refractivity contribution >= 4 is 5.78 Å². The van der Waals surface area contributed by atoms with Crippen molar-refractivity contribution in [1.82, 2.24) is 0 Å². The molecule has 0 heterocycles. The maximum atomic E-state index is 12.3. The third-order valence-electron chi connectivity index (χ3n) is 10.3. The molecular weight excluding hydrogens is 370 g/mol. The maximum absolute atomic E-state index is 12.3. The van der Waals surface area contributed by atoms with E-state index in [4.69, 9.17) is 0 Å². The van der Waals surface area contributed by atoms with Crippen LogP contribution in [0.5, 0.6) is 0 Å². The van der Waals surface area contributed by atoms with E-state index < -0.39 is 6.04 Å². The standard InChI is InChI=1S/C27H43NO2/c1-17(2)7-6-8-18(3)21-11-12-22-20-10-9-19-15-25(29)24(28-30)16-27(19,5)23(20)13-14-26(21,22)4/h15,17-18,20-24H,6-14,16H2,1-5H3/t18-,20+,21-,22+,23+,24?,26-,27+/m1/s1. The van der Waals surface area contributed by atoms with Gasteiger partial charge in [-0.1, -0.05) is 64.6 Å². The highest BCUT2D eigenvalue weighted by molar-refractivity contribution is 5.96. The summed E-state index contributed by atoms with van der Waals surface area (Å²) in [7, 11) is 0. The Morgan fingerprint density at radius 2 is 1.83 bits per heavy atom. The molecule has 4 rings (SSSR count). The topological polar surface area (TPSA) is 46.5 Å². The zero-order valence-electron chi connectivity index (χ0n) is 20.0. The number of nitroso groups, excluding NO2 is 1. The summed E-state index contributed by atoms with van der Waals surface area (Å²) in [6, 6.07) is -0.650. The van der Waals surface area contributed by atoms with Gasteiger partial charge in [-0.3, -0.25) is 4.79 Å². The van der Waals surface area contributed by atoms with Crippen molar-refractivity contribution in [2.24, 2.45) is 51.5 Å². The Bertz CT molecular complexity index is 712. The number of allylic oxidation sites excluding steroid dienone is 1. The fourth-order valence-corrected chi connectivity index (χ4v) is 8.73. The lowest BCUT2D eigenvalue weighted by atomic mass is 9.46. The first kappa shape index (κ1) is 22.2. The van der Waals surface area contributed by atoms with Crippen molar-refractivity contribution in [1.29, 1.82) is 0 Å². The molecule has 0 saturated heterocycles. The van der Waals surface area contributed by atoms with Crippen molar-refractivity contribution < 1.29 is 4.79 Å². The Labute approximate surface area is 183 Å². The number of hydrogen-bond acceptors (Lipinski definition) is 3. The zero-order chi connectivity index (χ0) is 21.7. The molecule has 0 spiro atoms. The number of rotatable bonds is 6. The second-order valence-corrected chi connectivity index (χ2v) is 12.3. The molecule has 3 nitrogen and oxygen atoms in total. The fourth-order valence-electron chi connectivity index (χ4n) is 8.73. The lowest BCUT2D eigenvalue weighted by Gasteiger charge is -2.58. The van der Waals surface area contributed by atoms with Crippen LogP contribution in [0.2, 0.25) is 0 Å². The molecule has 3 fully saturated rings. The summed E-state index contributed by atoms with van der Waals surface area (Å²) in [5.41, 5.74) is 1.83. The summed E-state index contributed by atoms with van der Waals surface area (Å²) >= 11 is 0. The second kappa shape index (κ2) is 8.17. The van der Waals surface area contributed by atoms with Crippen LogP contribution in [0.1, 0.15) is 98.8 Å². The number of nitrogens with zero attached hydrogens (tertiary/aromatic N) is 1. The first-order valence-electron chi connectivity index (χ1n) is 12.8. The monoisotopic (exact) mass is 413 g/mol. The third-order valence-corrected chi connectivity index (χ3v) is 10.3. The van der Waals surface area contributed by atoms with Gasteiger partial charge in [-0.15, -0.1) is 0 Å². The Morgan fingerprint density at radius 3 is 2.53 bits per heavy atom. The molecule has 8 atom stereocenters. The van der Waals surface area contributed by atoms with Crippen LogP contribution in [0.4, 0.5) is 0 Å². The van der Waals surface area contributed by atoms with Gasteiger partial charge in [0.2, 0.25) is 0 Å². The van der Waals surface area contributed by atoms with Crippen molar-refractivity contribution in [2.45, 2.75) is 105 Å². The lowest BCUT2D eigenvalue weighted by Crippen LogP contribution is -2.52. The van der Waals surface area contributed by atoms with Crippen LogP contribution < -0.4 is 0 Å². The molecule has 1 unspecified atom stereocenters. The number of fused-ring (bicyclic) bond motifs is 5. The van der Waals surface area contributed by atoms with E-state index in [1.807, 2.05) is 6.08 Å². The molecule has 0 aliphatic heterocycles. The quantitative estimate of drug-likeness (QED) is 0.428. The van der Waals surface area contributed by atoms with Crippen LogP contribution in [0.25, 0.3) is 0 Å². The SMILES string of the molecule is CC(C)CCC[C@@H](C)[C@H]1CC[C@H]2[C@@H]3CCC4=CC(=O)C(N=O)C[C@]4(C)[C@H]3CC[C@]12C. The van der Waals surface area contributed by atoms with Crippen molar-refractivity contribution in [3.8, 4) is 0 Å². The summed E-state index contributed by atoms with van der Waals surface area (Å²) < 4.78 is 0. The zero-order valence-corrected chi connectivity index (χ0v) is 20.0. The summed E-state index contributed by atoms with van der Waals surface area (Å²) in [5.74, 6) is 4.69. The van der Waals surface area contributed by atoms with E-state index in [1.165, 1.54) is 56.9 Å². The van der Waals surface area contributed by atoms with Gasteiger partial charge in [-0.25, -0.2) is 0 Å². The van der Waals surface area contributed by atoms with Crippen molar-refractivity contribution in [2.75, 3.05) is 0 Å². The summed E-state index contributed by atoms with van der Waals surface area (Å²) in [4.78, 5) is 23.6. The molecule has 30 heavy (non-hydrogen) atoms. The Balaban J connectivity index is 1.52. The highest BCUT2D eigenvalue weighted by Gasteiger charge is 2.60. The Morgan fingerprint density at radius 1 is 1.07 bits per heavy atom. The first-order chi connectivity index (χ1) is 14.2. The van der Waals surface area contributed by atoms with E-state index in [2.05, 4.69) is 39.8 Å². The van der Waals surface area contributed by atoms with Crippen LogP contribution in [0, 0.1) is 51.2 Å². The van der Waals surface area contributed by atoms with Crippen molar-refractivity contribution in [3.05, 3.63) is 16.6 Å². The number of carbonyl (C=O) groups is 1. The molecule has 3 saturated carbocycles. The molecule has 0 amide bonds. The summed E-state index contributed by atoms with van der Waals surface area (Å²) in [5, 5.41) is 3.21. The molecule has 0 N–H and O–H groups in total. The summed E-state index contributed by atoms with van der Waals surface area (Å²) in [6.45, 7) is 12.2. The van der Waals surface area contributed by atoms with Gasteiger partial charge >= 0.3 is 0 Å². The van der Waals surface area contributed by atoms with Gasteiger partial charge in [0.15, 0.2) is 11.8 Å². The highest BCUT2D eigenvalue weighted by Crippen LogP contribution is 2.67. The predicted octanol–water partition coefficient (Wildman–Crippen LogP) is 7.34. The van der Waals surface area contributed by atoms with Crippen LogP contribution in [0.3, 0.4) is 0 Å². The van der Waals surface area contributed by atoms with Crippen molar-refractivity contribution in [3.63, 3.8) is 0 Å². The minimum absolute atomic E-state index is 0.0116. The minimum Gasteiger partial charge on any atom is -0.292 e. The van der Waals surface area contributed by atoms with Gasteiger partial charge in [0, 0.05) is 0 Å². The molecule has 0 aromatic heterocycles. The van der Waals surface area contributed by atoms with Gasteiger partial charge in [0.25, 0.3) is 0 Å². The van der Waals surface area contributed by atoms with Crippen LogP contribution >= 0.6 is 0 Å². The number of hydrogen-bond donors (Lipinski definition) is 0. The predicted molar refractivity (Wildman–Crippen MR) is 123 cm³/mol. The van der Waals surface area contributed by atoms with Crippen LogP contribution in [0.15, 0.2) is 16.8 Å². The van der Waals surface area contributed by atoms with E-state index in [9.17, 15) is 9.70 Å². The van der Waals surface area contributed by atoms with Crippen LogP contribution in [-0.2, 0) is 4.79 Å². The smallest absolute Gasteiger partial charge is 0.183 e. The summed E-state index contributed by atoms with van der Waals surface area (Å²) in [6.07, 6.45) is 14.3. The molecule has 4 aliphatic carbocycles. The number of carbonyl (C=O) groups excluding carboxylic acids is 1. The molecule has 3 heteroatoms. The Kier molecular flexibility index (Phi) is 6.05. The molecule has 0 aromatic rings. The maximum Gasteiger partial charge on any atom is 0.183 e. The molecule has 0 radical (unpaired) electrons. The lowest BCUT2D eigenvalue weighted by molar-refractivity contribution is -0.119. The number of ketones is 1. The molecular formula is C27H43NO2. The molecule has 0 bridgehead atoms. The van der Waals surface area contributed by atoms with Gasteiger partial charge in [-0.2, -0.15) is 4.91 Å². The van der Waals surface area contributed by atoms with E-state index in [0.717, 1.165) is 36.0 Å². The van der Waals surface area contributed by atoms with Gasteiger partial charge in [-0.05, 0) is 97.4 Å². The normalized spacial score (nSPS) is 44.1. The van der Waals surface area contributed by atoms with E-state index in [-0.39, 0.29) is 11.2 Å². The Hall–Kier alpha value is -0.990. The molecule has 168 valence electrons. The van der Waals surface area contributed by atoms with E-state index in [1.54, 1.807) is 0 Å². The largest absolute Gasteiger partial charge is 0.292 e. The van der Waals surface area contributed by atoms with Gasteiger partial charge in [0.05, 0.1) is 0 Å². The van der Waals surface area contributed by atoms with E-state index in [0.29, 0.717) is 17.8 Å². The third kappa shape index (κ3) is 3.52. The molecule has 4 aliphatic rings. The minimum atomic E-state index is -0.650. The first-order valence-corrected chi connectivity index (χ1v) is 12.8. The van der Waals surface area contributed by atoms with Gasteiger partial charge in [0.1, 0.15) is 0 Å². The van der Waals surface area contributed by atoms with Crippen LogP contribution in [-0.4, -0.2) is 11.8 Å². The average molecular weight is 414 g/mol. The molecule has 0 aromatic carbocycles.